The lowest BCUT2D eigenvalue weighted by molar-refractivity contribution is -0.134. The lowest BCUT2D eigenvalue weighted by Crippen LogP contribution is -2.40. The van der Waals surface area contributed by atoms with Crippen LogP contribution in [0.2, 0.25) is 0 Å². The predicted octanol–water partition coefficient (Wildman–Crippen LogP) is 3.44. The minimum Gasteiger partial charge on any atom is -0.449 e. The molecule has 3 aliphatic heterocycles. The number of likely N-dealkylation sites (tertiary alicyclic amines) is 1. The van der Waals surface area contributed by atoms with Crippen molar-refractivity contribution in [1.82, 2.24) is 14.8 Å². The highest BCUT2D eigenvalue weighted by Gasteiger charge is 2.57. The highest BCUT2D eigenvalue weighted by molar-refractivity contribution is 5.95. The van der Waals surface area contributed by atoms with Crippen LogP contribution >= 0.6 is 0 Å². The van der Waals surface area contributed by atoms with E-state index in [2.05, 4.69) is 35.3 Å². The Morgan fingerprint density at radius 1 is 1.06 bits per heavy atom. The van der Waals surface area contributed by atoms with Crippen LogP contribution in [0.5, 0.6) is 0 Å². The maximum Gasteiger partial charge on any atom is 0.341 e. The Kier molecular flexibility index (Phi) is 5.06. The predicted molar refractivity (Wildman–Crippen MR) is 129 cm³/mol. The summed E-state index contributed by atoms with van der Waals surface area (Å²) < 4.78 is 5.81. The zero-order valence-corrected chi connectivity index (χ0v) is 20.0. The van der Waals surface area contributed by atoms with E-state index in [0.29, 0.717) is 38.0 Å². The third kappa shape index (κ3) is 3.48. The van der Waals surface area contributed by atoms with E-state index in [-0.39, 0.29) is 17.8 Å². The van der Waals surface area contributed by atoms with Crippen molar-refractivity contribution in [3.8, 4) is 0 Å². The minimum absolute atomic E-state index is 0.131. The fourth-order valence-electron chi connectivity index (χ4n) is 5.94. The van der Waals surface area contributed by atoms with E-state index >= 15 is 0 Å². The summed E-state index contributed by atoms with van der Waals surface area (Å²) in [5, 5.41) is 0. The van der Waals surface area contributed by atoms with Crippen LogP contribution in [0.3, 0.4) is 0 Å². The van der Waals surface area contributed by atoms with Crippen molar-refractivity contribution in [1.29, 1.82) is 0 Å². The van der Waals surface area contributed by atoms with Gasteiger partial charge in [-0.2, -0.15) is 0 Å². The molecule has 0 radical (unpaired) electrons. The number of hydrogen-bond donors (Lipinski definition) is 0. The number of hydrogen-bond acceptors (Lipinski definition) is 5. The Morgan fingerprint density at radius 2 is 1.86 bits per heavy atom. The van der Waals surface area contributed by atoms with Gasteiger partial charge in [0.05, 0.1) is 17.5 Å². The molecule has 1 aromatic heterocycles. The normalized spacial score (nSPS) is 24.3. The molecule has 0 N–H and O–H groups in total. The molecular formula is C28H29N3O4. The van der Waals surface area contributed by atoms with Crippen molar-refractivity contribution >= 4 is 23.4 Å². The number of nitrogens with zero attached hydrogens (tertiary/aromatic N) is 3. The van der Waals surface area contributed by atoms with Crippen molar-refractivity contribution in [3.63, 3.8) is 0 Å². The molecule has 1 aliphatic carbocycles. The molecule has 1 aromatic carbocycles. The van der Waals surface area contributed by atoms with E-state index in [0.717, 1.165) is 42.5 Å². The van der Waals surface area contributed by atoms with E-state index in [9.17, 15) is 14.4 Å². The SMILES string of the molecule is CCC(=O)N1CC=C(c2ccc(C3(C(=O)N4CCC5(C4)OC(=O)c4cnccc45)CC3)cc2)CC1. The fourth-order valence-corrected chi connectivity index (χ4v) is 5.94. The summed E-state index contributed by atoms with van der Waals surface area (Å²) in [6.07, 6.45) is 9.06. The first-order valence-electron chi connectivity index (χ1n) is 12.5. The molecule has 7 nitrogen and oxygen atoms in total. The molecule has 1 unspecified atom stereocenters. The molecule has 180 valence electrons. The average Bonchev–Trinajstić information content (AvgIpc) is 3.54. The zero-order chi connectivity index (χ0) is 24.2. The number of aromatic nitrogens is 1. The zero-order valence-electron chi connectivity index (χ0n) is 20.0. The molecule has 4 aliphatic rings. The topological polar surface area (TPSA) is 79.8 Å². The number of carbonyl (C=O) groups is 3. The Morgan fingerprint density at radius 3 is 2.54 bits per heavy atom. The maximum atomic E-state index is 13.7. The summed E-state index contributed by atoms with van der Waals surface area (Å²) in [6.45, 7) is 4.28. The number of esters is 1. The highest BCUT2D eigenvalue weighted by Crippen LogP contribution is 2.52. The number of pyridine rings is 1. The molecule has 0 bridgehead atoms. The van der Waals surface area contributed by atoms with Crippen LogP contribution in [0.1, 0.15) is 66.1 Å². The van der Waals surface area contributed by atoms with Gasteiger partial charge in [-0.15, -0.1) is 0 Å². The average molecular weight is 472 g/mol. The Balaban J connectivity index is 1.17. The first-order chi connectivity index (χ1) is 17.0. The van der Waals surface area contributed by atoms with Gasteiger partial charge < -0.3 is 14.5 Å². The van der Waals surface area contributed by atoms with Crippen LogP contribution in [0.4, 0.5) is 0 Å². The molecule has 35 heavy (non-hydrogen) atoms. The summed E-state index contributed by atoms with van der Waals surface area (Å²) in [5.74, 6) is -0.0225. The second kappa shape index (κ2) is 8.04. The number of fused-ring (bicyclic) bond motifs is 2. The molecule has 7 heteroatoms. The molecule has 6 rings (SSSR count). The first kappa shape index (κ1) is 22.0. The monoisotopic (exact) mass is 471 g/mol. The minimum atomic E-state index is -0.745. The van der Waals surface area contributed by atoms with Crippen LogP contribution in [0.25, 0.3) is 5.57 Å². The van der Waals surface area contributed by atoms with Crippen molar-refractivity contribution in [2.45, 2.75) is 50.0 Å². The van der Waals surface area contributed by atoms with E-state index < -0.39 is 11.0 Å². The second-order valence-corrected chi connectivity index (χ2v) is 10.1. The van der Waals surface area contributed by atoms with E-state index in [4.69, 9.17) is 4.74 Å². The second-order valence-electron chi connectivity index (χ2n) is 10.1. The number of carbonyl (C=O) groups excluding carboxylic acids is 3. The van der Waals surface area contributed by atoms with E-state index in [1.54, 1.807) is 12.4 Å². The first-order valence-corrected chi connectivity index (χ1v) is 12.5. The molecule has 4 heterocycles. The van der Waals surface area contributed by atoms with Gasteiger partial charge in [-0.05, 0) is 42.0 Å². The molecule has 1 atom stereocenters. The Bertz CT molecular complexity index is 1250. The van der Waals surface area contributed by atoms with Gasteiger partial charge in [0.1, 0.15) is 0 Å². The van der Waals surface area contributed by atoms with E-state index in [1.165, 1.54) is 5.57 Å². The van der Waals surface area contributed by atoms with Gasteiger partial charge in [0, 0.05) is 50.4 Å². The lowest BCUT2D eigenvalue weighted by atomic mass is 9.90. The summed E-state index contributed by atoms with van der Waals surface area (Å²) in [5.41, 5.74) is 3.61. The van der Waals surface area contributed by atoms with Crippen LogP contribution in [0, 0.1) is 0 Å². The van der Waals surface area contributed by atoms with Crippen LogP contribution < -0.4 is 0 Å². The molecule has 2 amide bonds. The van der Waals surface area contributed by atoms with Gasteiger partial charge in [-0.3, -0.25) is 14.6 Å². The lowest BCUT2D eigenvalue weighted by Gasteiger charge is -2.27. The van der Waals surface area contributed by atoms with Crippen LogP contribution in [0.15, 0.2) is 48.8 Å². The van der Waals surface area contributed by atoms with Crippen molar-refractivity contribution in [3.05, 3.63) is 71.1 Å². The van der Waals surface area contributed by atoms with Crippen LogP contribution in [-0.4, -0.2) is 58.7 Å². The van der Waals surface area contributed by atoms with Crippen LogP contribution in [-0.2, 0) is 25.3 Å². The molecule has 2 fully saturated rings. The summed E-state index contributed by atoms with van der Waals surface area (Å²) in [4.78, 5) is 45.9. The molecule has 2 aromatic rings. The fraction of sp³-hybridized carbons (Fsp3) is 0.429. The quantitative estimate of drug-likeness (QED) is 0.639. The number of ether oxygens (including phenoxy) is 1. The molecular weight excluding hydrogens is 442 g/mol. The van der Waals surface area contributed by atoms with Gasteiger partial charge in [0.25, 0.3) is 0 Å². The Labute approximate surface area is 204 Å². The molecule has 1 spiro atoms. The summed E-state index contributed by atoms with van der Waals surface area (Å²) in [6, 6.07) is 10.2. The number of amides is 2. The summed E-state index contributed by atoms with van der Waals surface area (Å²) in [7, 11) is 0. The van der Waals surface area contributed by atoms with Gasteiger partial charge >= 0.3 is 5.97 Å². The van der Waals surface area contributed by atoms with Crippen molar-refractivity contribution in [2.24, 2.45) is 0 Å². The molecule has 1 saturated heterocycles. The Hall–Kier alpha value is -3.48. The van der Waals surface area contributed by atoms with E-state index in [1.807, 2.05) is 22.8 Å². The van der Waals surface area contributed by atoms with Gasteiger partial charge in [-0.25, -0.2) is 4.79 Å². The van der Waals surface area contributed by atoms with Crippen molar-refractivity contribution in [2.75, 3.05) is 26.2 Å². The summed E-state index contributed by atoms with van der Waals surface area (Å²) >= 11 is 0. The standard InChI is InChI=1S/C28H29N3O4/c1-2-24(32)30-14-8-20(9-15-30)19-3-5-21(6-4-19)27(10-11-27)26(34)31-16-12-28(18-31)23-7-13-29-17-22(23)25(33)35-28/h3-8,13,17H,2,9-12,14-16,18H2,1H3. The smallest absolute Gasteiger partial charge is 0.341 e. The number of benzene rings is 1. The number of rotatable bonds is 4. The third-order valence-electron chi connectivity index (χ3n) is 8.17. The highest BCUT2D eigenvalue weighted by atomic mass is 16.6. The van der Waals surface area contributed by atoms with Crippen molar-refractivity contribution < 1.29 is 19.1 Å². The largest absolute Gasteiger partial charge is 0.449 e. The van der Waals surface area contributed by atoms with Gasteiger partial charge in [0.15, 0.2) is 5.60 Å². The van der Waals surface area contributed by atoms with Gasteiger partial charge in [0.2, 0.25) is 11.8 Å². The molecule has 1 saturated carbocycles. The maximum absolute atomic E-state index is 13.7. The third-order valence-corrected chi connectivity index (χ3v) is 8.17. The van der Waals surface area contributed by atoms with Gasteiger partial charge in [-0.1, -0.05) is 37.3 Å².